The van der Waals surface area contributed by atoms with Crippen molar-refractivity contribution in [3.8, 4) is 10.6 Å². The van der Waals surface area contributed by atoms with E-state index in [-0.39, 0.29) is 0 Å². The van der Waals surface area contributed by atoms with Crippen LogP contribution in [0.25, 0.3) is 10.6 Å². The molecule has 1 aliphatic heterocycles. The molecule has 0 spiro atoms. The van der Waals surface area contributed by atoms with Gasteiger partial charge in [-0.05, 0) is 33.2 Å². The van der Waals surface area contributed by atoms with Gasteiger partial charge in [-0.25, -0.2) is 4.98 Å². The van der Waals surface area contributed by atoms with E-state index in [9.17, 15) is 0 Å². The Morgan fingerprint density at radius 1 is 1.25 bits per heavy atom. The van der Waals surface area contributed by atoms with Gasteiger partial charge < -0.3 is 4.90 Å². The molecule has 0 N–H and O–H groups in total. The van der Waals surface area contributed by atoms with Crippen LogP contribution in [0.1, 0.15) is 38.3 Å². The molecule has 1 saturated heterocycles. The number of thiazole rings is 1. The van der Waals surface area contributed by atoms with Gasteiger partial charge in [-0.15, -0.1) is 11.3 Å². The Morgan fingerprint density at radius 3 is 2.90 bits per heavy atom. The molecular weight excluding hydrogens is 268 g/mol. The molecule has 3 rings (SSSR count). The first-order valence-electron chi connectivity index (χ1n) is 7.19. The number of piperidine rings is 1. The molecule has 1 aliphatic rings. The Morgan fingerprint density at radius 2 is 2.15 bits per heavy atom. The highest BCUT2D eigenvalue weighted by atomic mass is 32.1. The molecule has 20 heavy (non-hydrogen) atoms. The molecule has 2 aromatic heterocycles. The first-order chi connectivity index (χ1) is 9.74. The molecule has 3 heterocycles. The highest BCUT2D eigenvalue weighted by molar-refractivity contribution is 7.13. The molecule has 106 valence electrons. The molecule has 0 aromatic carbocycles. The van der Waals surface area contributed by atoms with E-state index in [0.717, 1.165) is 22.8 Å². The van der Waals surface area contributed by atoms with Crippen molar-refractivity contribution in [2.24, 2.45) is 0 Å². The van der Waals surface area contributed by atoms with Crippen molar-refractivity contribution in [1.29, 1.82) is 0 Å². The zero-order chi connectivity index (χ0) is 13.9. The van der Waals surface area contributed by atoms with E-state index in [1.54, 1.807) is 11.3 Å². The molecule has 0 saturated carbocycles. The minimum absolute atomic E-state index is 0.506. The summed E-state index contributed by atoms with van der Waals surface area (Å²) in [6.07, 6.45) is 8.08. The van der Waals surface area contributed by atoms with E-state index in [4.69, 9.17) is 4.98 Å². The third kappa shape index (κ3) is 2.88. The lowest BCUT2D eigenvalue weighted by atomic mass is 9.94. The molecule has 0 aliphatic carbocycles. The largest absolute Gasteiger partial charge is 0.300 e. The monoisotopic (exact) mass is 288 g/mol. The maximum absolute atomic E-state index is 4.81. The summed E-state index contributed by atoms with van der Waals surface area (Å²) >= 11 is 1.61. The van der Waals surface area contributed by atoms with Gasteiger partial charge in [-0.1, -0.05) is 0 Å². The Kier molecular flexibility index (Phi) is 4.08. The third-order valence-electron chi connectivity index (χ3n) is 3.94. The summed E-state index contributed by atoms with van der Waals surface area (Å²) < 4.78 is 0. The van der Waals surface area contributed by atoms with Crippen molar-refractivity contribution >= 4 is 11.3 Å². The lowest BCUT2D eigenvalue weighted by Crippen LogP contribution is -2.39. The SMILES string of the molecule is CC(C)N1CCC[C@H](c2cncc(-c3cncs3)n2)C1. The topological polar surface area (TPSA) is 41.9 Å². The molecule has 1 fully saturated rings. The second kappa shape index (κ2) is 5.97. The number of likely N-dealkylation sites (tertiary alicyclic amines) is 1. The Balaban J connectivity index is 1.81. The normalized spacial score (nSPS) is 20.4. The summed E-state index contributed by atoms with van der Waals surface area (Å²) in [7, 11) is 0. The second-order valence-corrected chi connectivity index (χ2v) is 6.51. The van der Waals surface area contributed by atoms with Crippen LogP contribution in [0.5, 0.6) is 0 Å². The predicted molar refractivity (Wildman–Crippen MR) is 81.8 cm³/mol. The fourth-order valence-electron chi connectivity index (χ4n) is 2.76. The molecule has 5 heteroatoms. The lowest BCUT2D eigenvalue weighted by Gasteiger charge is -2.35. The van der Waals surface area contributed by atoms with Crippen LogP contribution in [0.15, 0.2) is 24.1 Å². The van der Waals surface area contributed by atoms with E-state index >= 15 is 0 Å². The quantitative estimate of drug-likeness (QED) is 0.870. The van der Waals surface area contributed by atoms with Crippen LogP contribution in [0.4, 0.5) is 0 Å². The summed E-state index contributed by atoms with van der Waals surface area (Å²) in [5.41, 5.74) is 3.91. The fourth-order valence-corrected chi connectivity index (χ4v) is 3.33. The van der Waals surface area contributed by atoms with Gasteiger partial charge >= 0.3 is 0 Å². The van der Waals surface area contributed by atoms with Crippen molar-refractivity contribution in [1.82, 2.24) is 19.9 Å². The van der Waals surface area contributed by atoms with Gasteiger partial charge in [0.25, 0.3) is 0 Å². The summed E-state index contributed by atoms with van der Waals surface area (Å²) in [6, 6.07) is 0.607. The van der Waals surface area contributed by atoms with E-state index in [2.05, 4.69) is 28.7 Å². The summed E-state index contributed by atoms with van der Waals surface area (Å²) in [4.78, 5) is 16.9. The predicted octanol–water partition coefficient (Wildman–Crippen LogP) is 3.19. The summed E-state index contributed by atoms with van der Waals surface area (Å²) in [6.45, 7) is 6.83. The van der Waals surface area contributed by atoms with Gasteiger partial charge in [0, 0.05) is 30.9 Å². The van der Waals surface area contributed by atoms with Crippen molar-refractivity contribution < 1.29 is 0 Å². The third-order valence-corrected chi connectivity index (χ3v) is 4.73. The fraction of sp³-hybridized carbons (Fsp3) is 0.533. The minimum Gasteiger partial charge on any atom is -0.300 e. The Hall–Kier alpha value is -1.33. The average molecular weight is 288 g/mol. The molecule has 0 radical (unpaired) electrons. The van der Waals surface area contributed by atoms with Gasteiger partial charge in [0.05, 0.1) is 22.3 Å². The average Bonchev–Trinajstić information content (AvgIpc) is 3.02. The van der Waals surface area contributed by atoms with Crippen LogP contribution in [0.3, 0.4) is 0 Å². The maximum atomic E-state index is 4.81. The molecule has 0 bridgehead atoms. The first kappa shape index (κ1) is 13.6. The lowest BCUT2D eigenvalue weighted by molar-refractivity contribution is 0.166. The van der Waals surface area contributed by atoms with Crippen molar-refractivity contribution in [3.05, 3.63) is 29.8 Å². The first-order valence-corrected chi connectivity index (χ1v) is 8.07. The Bertz CT molecular complexity index is 553. The van der Waals surface area contributed by atoms with Gasteiger partial charge in [-0.3, -0.25) is 9.97 Å². The van der Waals surface area contributed by atoms with Gasteiger partial charge in [0.15, 0.2) is 0 Å². The van der Waals surface area contributed by atoms with Crippen LogP contribution in [-0.4, -0.2) is 39.0 Å². The number of aromatic nitrogens is 3. The van der Waals surface area contributed by atoms with Crippen molar-refractivity contribution in [3.63, 3.8) is 0 Å². The Labute approximate surface area is 123 Å². The molecule has 1 atom stereocenters. The van der Waals surface area contributed by atoms with Crippen LogP contribution < -0.4 is 0 Å². The smallest absolute Gasteiger partial charge is 0.100 e. The maximum Gasteiger partial charge on any atom is 0.100 e. The van der Waals surface area contributed by atoms with Crippen LogP contribution >= 0.6 is 11.3 Å². The van der Waals surface area contributed by atoms with E-state index < -0.39 is 0 Å². The van der Waals surface area contributed by atoms with Crippen molar-refractivity contribution in [2.45, 2.75) is 38.6 Å². The van der Waals surface area contributed by atoms with Gasteiger partial charge in [-0.2, -0.15) is 0 Å². The van der Waals surface area contributed by atoms with Gasteiger partial charge in [0.1, 0.15) is 5.69 Å². The van der Waals surface area contributed by atoms with E-state index in [0.29, 0.717) is 12.0 Å². The van der Waals surface area contributed by atoms with Crippen LogP contribution in [0.2, 0.25) is 0 Å². The van der Waals surface area contributed by atoms with E-state index in [1.165, 1.54) is 19.4 Å². The zero-order valence-corrected chi connectivity index (χ0v) is 12.8. The van der Waals surface area contributed by atoms with Crippen molar-refractivity contribution in [2.75, 3.05) is 13.1 Å². The molecule has 4 nitrogen and oxygen atoms in total. The van der Waals surface area contributed by atoms with Gasteiger partial charge in [0.2, 0.25) is 0 Å². The molecular formula is C15H20N4S. The molecule has 0 unspecified atom stereocenters. The number of hydrogen-bond acceptors (Lipinski definition) is 5. The second-order valence-electron chi connectivity index (χ2n) is 5.62. The zero-order valence-electron chi connectivity index (χ0n) is 12.0. The highest BCUT2D eigenvalue weighted by Gasteiger charge is 2.24. The standard InChI is InChI=1S/C15H20N4S/c1-11(2)19-5-3-4-12(9-19)13-6-16-7-14(18-13)15-8-17-10-20-15/h6-8,10-12H,3-5,9H2,1-2H3/t12-/m0/s1. The number of hydrogen-bond donors (Lipinski definition) is 0. The summed E-state index contributed by atoms with van der Waals surface area (Å²) in [5, 5.41) is 0. The number of rotatable bonds is 3. The molecule has 0 amide bonds. The highest BCUT2D eigenvalue weighted by Crippen LogP contribution is 2.28. The van der Waals surface area contributed by atoms with Crippen LogP contribution in [0, 0.1) is 0 Å². The van der Waals surface area contributed by atoms with E-state index in [1.807, 2.05) is 24.1 Å². The number of nitrogens with zero attached hydrogens (tertiary/aromatic N) is 4. The van der Waals surface area contributed by atoms with Crippen LogP contribution in [-0.2, 0) is 0 Å². The minimum atomic E-state index is 0.506. The summed E-state index contributed by atoms with van der Waals surface area (Å²) in [5.74, 6) is 0.506. The molecule has 2 aromatic rings.